The Bertz CT molecular complexity index is 493. The molecule has 2 atom stereocenters. The number of likely N-dealkylation sites (tertiary alicyclic amines) is 1. The minimum atomic E-state index is 0.147. The molecule has 106 valence electrons. The first-order valence-corrected chi connectivity index (χ1v) is 7.17. The molecule has 0 aromatic heterocycles. The van der Waals surface area contributed by atoms with Gasteiger partial charge in [-0.2, -0.15) is 5.26 Å². The molecule has 20 heavy (non-hydrogen) atoms. The maximum Gasteiger partial charge on any atom is 0.242 e. The summed E-state index contributed by atoms with van der Waals surface area (Å²) < 4.78 is 0. The summed E-state index contributed by atoms with van der Waals surface area (Å²) in [6.07, 6.45) is 3.38. The van der Waals surface area contributed by atoms with Crippen molar-refractivity contribution in [3.05, 3.63) is 29.8 Å². The van der Waals surface area contributed by atoms with E-state index in [4.69, 9.17) is 5.26 Å². The van der Waals surface area contributed by atoms with Gasteiger partial charge in [-0.15, -0.1) is 0 Å². The zero-order chi connectivity index (χ0) is 14.5. The van der Waals surface area contributed by atoms with E-state index in [1.807, 2.05) is 17.0 Å². The molecule has 0 bridgehead atoms. The molecular formula is C16H21N3O. The Morgan fingerprint density at radius 2 is 1.90 bits per heavy atom. The van der Waals surface area contributed by atoms with Crippen LogP contribution in [0.3, 0.4) is 0 Å². The monoisotopic (exact) mass is 271 g/mol. The van der Waals surface area contributed by atoms with Crippen LogP contribution in [-0.4, -0.2) is 29.4 Å². The number of nitrogens with one attached hydrogen (secondary N) is 1. The van der Waals surface area contributed by atoms with Gasteiger partial charge in [0.05, 0.1) is 18.2 Å². The number of rotatable bonds is 3. The average molecular weight is 271 g/mol. The van der Waals surface area contributed by atoms with E-state index in [0.717, 1.165) is 18.5 Å². The topological polar surface area (TPSA) is 56.1 Å². The van der Waals surface area contributed by atoms with Gasteiger partial charge in [0.25, 0.3) is 0 Å². The van der Waals surface area contributed by atoms with Crippen LogP contribution in [0.4, 0.5) is 5.69 Å². The van der Waals surface area contributed by atoms with Crippen molar-refractivity contribution in [1.29, 1.82) is 5.26 Å². The largest absolute Gasteiger partial charge is 0.376 e. The summed E-state index contributed by atoms with van der Waals surface area (Å²) in [7, 11) is 0. The highest BCUT2D eigenvalue weighted by molar-refractivity contribution is 5.81. The van der Waals surface area contributed by atoms with Gasteiger partial charge in [0.1, 0.15) is 0 Å². The molecule has 1 N–H and O–H groups in total. The average Bonchev–Trinajstić information content (AvgIpc) is 2.45. The van der Waals surface area contributed by atoms with E-state index in [0.29, 0.717) is 24.2 Å². The van der Waals surface area contributed by atoms with Crippen LogP contribution in [0.25, 0.3) is 0 Å². The fraction of sp³-hybridized carbons (Fsp3) is 0.500. The van der Waals surface area contributed by atoms with Crippen LogP contribution >= 0.6 is 0 Å². The first-order valence-electron chi connectivity index (χ1n) is 7.17. The van der Waals surface area contributed by atoms with Crippen LogP contribution in [0.5, 0.6) is 0 Å². The van der Waals surface area contributed by atoms with Crippen LogP contribution in [-0.2, 0) is 4.79 Å². The third-order valence-corrected chi connectivity index (χ3v) is 3.94. The van der Waals surface area contributed by atoms with E-state index in [1.165, 1.54) is 6.42 Å². The van der Waals surface area contributed by atoms with E-state index in [2.05, 4.69) is 25.2 Å². The van der Waals surface area contributed by atoms with E-state index >= 15 is 0 Å². The summed E-state index contributed by atoms with van der Waals surface area (Å²) in [5.74, 6) is 0.147. The standard InChI is InChI=1S/C16H21N3O/c1-12-4-3-5-13(2)19(12)16(20)11-18-15-8-6-14(10-17)7-9-15/h6-9,12-13,18H,3-5,11H2,1-2H3/t12-,13-/m0/s1. The molecule has 0 aliphatic carbocycles. The molecule has 1 amide bonds. The van der Waals surface area contributed by atoms with Gasteiger partial charge in [-0.25, -0.2) is 0 Å². The number of piperidine rings is 1. The number of hydrogen-bond acceptors (Lipinski definition) is 3. The van der Waals surface area contributed by atoms with E-state index in [9.17, 15) is 4.79 Å². The summed E-state index contributed by atoms with van der Waals surface area (Å²) in [5, 5.41) is 11.9. The quantitative estimate of drug-likeness (QED) is 0.919. The Labute approximate surface area is 120 Å². The van der Waals surface area contributed by atoms with Gasteiger partial charge in [-0.05, 0) is 57.4 Å². The Morgan fingerprint density at radius 3 is 2.45 bits per heavy atom. The number of nitriles is 1. The minimum absolute atomic E-state index is 0.147. The minimum Gasteiger partial charge on any atom is -0.376 e. The van der Waals surface area contributed by atoms with Crippen molar-refractivity contribution in [3.63, 3.8) is 0 Å². The normalized spacial score (nSPS) is 22.1. The molecule has 0 radical (unpaired) electrons. The number of nitrogens with zero attached hydrogens (tertiary/aromatic N) is 2. The van der Waals surface area contributed by atoms with Crippen molar-refractivity contribution in [2.45, 2.75) is 45.2 Å². The third-order valence-electron chi connectivity index (χ3n) is 3.94. The summed E-state index contributed by atoms with van der Waals surface area (Å²) in [6, 6.07) is 9.89. The molecule has 1 saturated heterocycles. The molecule has 1 aromatic carbocycles. The lowest BCUT2D eigenvalue weighted by atomic mass is 9.97. The Balaban J connectivity index is 1.92. The smallest absolute Gasteiger partial charge is 0.242 e. The van der Waals surface area contributed by atoms with E-state index < -0.39 is 0 Å². The van der Waals surface area contributed by atoms with Crippen LogP contribution in [0.2, 0.25) is 0 Å². The maximum atomic E-state index is 12.3. The second-order valence-electron chi connectivity index (χ2n) is 5.47. The predicted molar refractivity (Wildman–Crippen MR) is 79.3 cm³/mol. The maximum absolute atomic E-state index is 12.3. The predicted octanol–water partition coefficient (Wildman–Crippen LogP) is 2.76. The van der Waals surface area contributed by atoms with Gasteiger partial charge in [-0.3, -0.25) is 4.79 Å². The fourth-order valence-corrected chi connectivity index (χ4v) is 2.84. The van der Waals surface area contributed by atoms with Crippen LogP contribution in [0.15, 0.2) is 24.3 Å². The zero-order valence-electron chi connectivity index (χ0n) is 12.1. The van der Waals surface area contributed by atoms with Gasteiger partial charge in [0, 0.05) is 17.8 Å². The van der Waals surface area contributed by atoms with Gasteiger partial charge in [0.15, 0.2) is 0 Å². The lowest BCUT2D eigenvalue weighted by molar-refractivity contribution is -0.135. The SMILES string of the molecule is C[C@H]1CCC[C@H](C)N1C(=O)CNc1ccc(C#N)cc1. The van der Waals surface area contributed by atoms with Crippen molar-refractivity contribution < 1.29 is 4.79 Å². The molecule has 1 heterocycles. The first-order chi connectivity index (χ1) is 9.61. The van der Waals surface area contributed by atoms with Crippen molar-refractivity contribution in [2.24, 2.45) is 0 Å². The van der Waals surface area contributed by atoms with Crippen molar-refractivity contribution in [1.82, 2.24) is 4.90 Å². The molecular weight excluding hydrogens is 250 g/mol. The Kier molecular flexibility index (Phi) is 4.62. The summed E-state index contributed by atoms with van der Waals surface area (Å²) in [5.41, 5.74) is 1.50. The Hall–Kier alpha value is -2.02. The molecule has 0 unspecified atom stereocenters. The van der Waals surface area contributed by atoms with Gasteiger partial charge >= 0.3 is 0 Å². The number of carbonyl (C=O) groups excluding carboxylic acids is 1. The van der Waals surface area contributed by atoms with E-state index in [1.54, 1.807) is 12.1 Å². The molecule has 4 nitrogen and oxygen atoms in total. The number of amides is 1. The molecule has 1 fully saturated rings. The first kappa shape index (κ1) is 14.4. The second kappa shape index (κ2) is 6.42. The number of benzene rings is 1. The van der Waals surface area contributed by atoms with Gasteiger partial charge < -0.3 is 10.2 Å². The van der Waals surface area contributed by atoms with Crippen LogP contribution in [0, 0.1) is 11.3 Å². The molecule has 1 aliphatic rings. The summed E-state index contributed by atoms with van der Waals surface area (Å²) in [4.78, 5) is 14.3. The number of carbonyl (C=O) groups is 1. The van der Waals surface area contributed by atoms with Crippen LogP contribution in [0.1, 0.15) is 38.7 Å². The lowest BCUT2D eigenvalue weighted by Gasteiger charge is -2.39. The van der Waals surface area contributed by atoms with Crippen molar-refractivity contribution in [2.75, 3.05) is 11.9 Å². The molecule has 2 rings (SSSR count). The van der Waals surface area contributed by atoms with Gasteiger partial charge in [0.2, 0.25) is 5.91 Å². The highest BCUT2D eigenvalue weighted by Crippen LogP contribution is 2.22. The summed E-state index contributed by atoms with van der Waals surface area (Å²) in [6.45, 7) is 4.55. The molecule has 0 spiro atoms. The van der Waals surface area contributed by atoms with Crippen molar-refractivity contribution in [3.8, 4) is 6.07 Å². The lowest BCUT2D eigenvalue weighted by Crippen LogP contribution is -2.49. The molecule has 0 saturated carbocycles. The van der Waals surface area contributed by atoms with E-state index in [-0.39, 0.29) is 5.91 Å². The second-order valence-corrected chi connectivity index (χ2v) is 5.47. The molecule has 1 aromatic rings. The number of hydrogen-bond donors (Lipinski definition) is 1. The van der Waals surface area contributed by atoms with Crippen molar-refractivity contribution >= 4 is 11.6 Å². The highest BCUT2D eigenvalue weighted by Gasteiger charge is 2.28. The molecule has 4 heteroatoms. The molecule has 1 aliphatic heterocycles. The van der Waals surface area contributed by atoms with Gasteiger partial charge in [-0.1, -0.05) is 0 Å². The summed E-state index contributed by atoms with van der Waals surface area (Å²) >= 11 is 0. The van der Waals surface area contributed by atoms with Crippen LogP contribution < -0.4 is 5.32 Å². The highest BCUT2D eigenvalue weighted by atomic mass is 16.2. The number of anilines is 1. The zero-order valence-corrected chi connectivity index (χ0v) is 12.1. The third kappa shape index (κ3) is 3.30. The fourth-order valence-electron chi connectivity index (χ4n) is 2.84. The Morgan fingerprint density at radius 1 is 1.30 bits per heavy atom.